The number of ether oxygens (including phenoxy) is 1. The first-order valence-corrected chi connectivity index (χ1v) is 9.42. The molecule has 5 aromatic rings. The number of nitro benzene ring substituents is 1. The molecule has 0 fully saturated rings. The Labute approximate surface area is 175 Å². The Morgan fingerprint density at radius 3 is 2.58 bits per heavy atom. The molecule has 0 aliphatic rings. The van der Waals surface area contributed by atoms with Gasteiger partial charge in [0.05, 0.1) is 21.3 Å². The summed E-state index contributed by atoms with van der Waals surface area (Å²) in [6.07, 6.45) is 4.42. The molecule has 0 bridgehead atoms. The van der Waals surface area contributed by atoms with Gasteiger partial charge in [-0.15, -0.1) is 0 Å². The number of nitro groups is 1. The average molecular weight is 410 g/mol. The van der Waals surface area contributed by atoms with Crippen LogP contribution < -0.4 is 10.2 Å². The highest BCUT2D eigenvalue weighted by molar-refractivity contribution is 5.95. The predicted molar refractivity (Wildman–Crippen MR) is 116 cm³/mol. The lowest BCUT2D eigenvalue weighted by Gasteiger charge is -2.10. The first-order chi connectivity index (χ1) is 15.1. The summed E-state index contributed by atoms with van der Waals surface area (Å²) >= 11 is 0. The number of benzene rings is 3. The second-order valence-corrected chi connectivity index (χ2v) is 6.87. The number of hydrogen-bond donors (Lipinski definition) is 0. The molecule has 0 N–H and O–H groups in total. The Morgan fingerprint density at radius 2 is 1.77 bits per heavy atom. The van der Waals surface area contributed by atoms with Crippen LogP contribution in [-0.4, -0.2) is 9.91 Å². The molecule has 3 aromatic carbocycles. The van der Waals surface area contributed by atoms with E-state index in [2.05, 4.69) is 4.98 Å². The van der Waals surface area contributed by atoms with Crippen LogP contribution >= 0.6 is 0 Å². The Hall–Kier alpha value is -4.52. The number of non-ortho nitro benzene ring substituents is 1. The normalized spacial score (nSPS) is 11.0. The minimum absolute atomic E-state index is 0.0478. The summed E-state index contributed by atoms with van der Waals surface area (Å²) in [5, 5.41) is 12.7. The lowest BCUT2D eigenvalue weighted by atomic mass is 10.1. The molecular weight excluding hydrogens is 396 g/mol. The molecule has 5 rings (SSSR count). The Kier molecular flexibility index (Phi) is 4.41. The monoisotopic (exact) mass is 410 g/mol. The number of fused-ring (bicyclic) bond motifs is 2. The van der Waals surface area contributed by atoms with E-state index in [1.807, 2.05) is 30.3 Å². The molecular formula is C24H14N2O5. The van der Waals surface area contributed by atoms with Crippen molar-refractivity contribution in [3.05, 3.63) is 106 Å². The first-order valence-electron chi connectivity index (χ1n) is 9.42. The summed E-state index contributed by atoms with van der Waals surface area (Å²) in [6, 6.07) is 18.8. The van der Waals surface area contributed by atoms with Crippen LogP contribution in [0, 0.1) is 10.1 Å². The van der Waals surface area contributed by atoms with Gasteiger partial charge in [0.25, 0.3) is 5.69 Å². The maximum atomic E-state index is 12.9. The highest BCUT2D eigenvalue weighted by Crippen LogP contribution is 2.35. The lowest BCUT2D eigenvalue weighted by molar-refractivity contribution is -0.383. The van der Waals surface area contributed by atoms with Crippen LogP contribution in [0.15, 0.2) is 94.6 Å². The van der Waals surface area contributed by atoms with E-state index in [1.54, 1.807) is 36.5 Å². The molecule has 0 unspecified atom stereocenters. The van der Waals surface area contributed by atoms with Crippen molar-refractivity contribution in [2.45, 2.75) is 0 Å². The summed E-state index contributed by atoms with van der Waals surface area (Å²) < 4.78 is 11.7. The molecule has 7 heteroatoms. The Bertz CT molecular complexity index is 1510. The fourth-order valence-corrected chi connectivity index (χ4v) is 3.51. The van der Waals surface area contributed by atoms with Crippen LogP contribution in [0.25, 0.3) is 32.9 Å². The van der Waals surface area contributed by atoms with E-state index < -0.39 is 4.92 Å². The Balaban J connectivity index is 1.56. The maximum Gasteiger partial charge on any atom is 0.279 e. The molecule has 0 amide bonds. The third kappa shape index (κ3) is 3.28. The van der Waals surface area contributed by atoms with Crippen molar-refractivity contribution in [2.75, 3.05) is 0 Å². The van der Waals surface area contributed by atoms with Crippen molar-refractivity contribution < 1.29 is 14.1 Å². The van der Waals surface area contributed by atoms with Crippen molar-refractivity contribution in [3.8, 4) is 22.6 Å². The molecule has 0 saturated carbocycles. The van der Waals surface area contributed by atoms with Gasteiger partial charge in [-0.25, -0.2) is 0 Å². The standard InChI is InChI=1S/C24H14N2O5/c27-24-18-7-6-16(12-23(18)30-14-20(24)15-4-2-1-3-5-15)31-22-9-8-21(26(28)29)19-13-25-11-10-17(19)22/h1-14H. The van der Waals surface area contributed by atoms with E-state index in [9.17, 15) is 14.9 Å². The number of hydrogen-bond acceptors (Lipinski definition) is 6. The number of pyridine rings is 1. The summed E-state index contributed by atoms with van der Waals surface area (Å²) in [5.74, 6) is 0.876. The molecule has 0 aliphatic heterocycles. The molecule has 2 aromatic heterocycles. The summed E-state index contributed by atoms with van der Waals surface area (Å²) in [7, 11) is 0. The summed E-state index contributed by atoms with van der Waals surface area (Å²) in [6.45, 7) is 0. The lowest BCUT2D eigenvalue weighted by Crippen LogP contribution is -2.04. The average Bonchev–Trinajstić information content (AvgIpc) is 2.80. The highest BCUT2D eigenvalue weighted by Gasteiger charge is 2.16. The van der Waals surface area contributed by atoms with Crippen molar-refractivity contribution in [1.29, 1.82) is 0 Å². The van der Waals surface area contributed by atoms with Crippen molar-refractivity contribution in [2.24, 2.45) is 0 Å². The van der Waals surface area contributed by atoms with Gasteiger partial charge >= 0.3 is 0 Å². The highest BCUT2D eigenvalue weighted by atomic mass is 16.6. The molecule has 150 valence electrons. The smallest absolute Gasteiger partial charge is 0.279 e. The van der Waals surface area contributed by atoms with E-state index in [1.165, 1.54) is 18.5 Å². The second kappa shape index (κ2) is 7.38. The van der Waals surface area contributed by atoms with E-state index in [0.29, 0.717) is 38.8 Å². The van der Waals surface area contributed by atoms with Crippen molar-refractivity contribution in [1.82, 2.24) is 4.98 Å². The van der Waals surface area contributed by atoms with Gasteiger partial charge in [-0.1, -0.05) is 30.3 Å². The largest absolute Gasteiger partial charge is 0.463 e. The van der Waals surface area contributed by atoms with Crippen LogP contribution in [0.5, 0.6) is 11.5 Å². The van der Waals surface area contributed by atoms with Gasteiger partial charge in [-0.05, 0) is 29.8 Å². The van der Waals surface area contributed by atoms with Gasteiger partial charge in [0.15, 0.2) is 5.43 Å². The summed E-state index contributed by atoms with van der Waals surface area (Å²) in [4.78, 5) is 27.7. The van der Waals surface area contributed by atoms with Crippen LogP contribution in [0.2, 0.25) is 0 Å². The SMILES string of the molecule is O=c1c(-c2ccccc2)coc2cc(Oc3ccc([N+](=O)[O-])c4cnccc34)ccc12. The molecule has 7 nitrogen and oxygen atoms in total. The molecule has 31 heavy (non-hydrogen) atoms. The molecule has 0 spiro atoms. The topological polar surface area (TPSA) is 95.5 Å². The van der Waals surface area contributed by atoms with E-state index in [-0.39, 0.29) is 11.1 Å². The molecule has 0 radical (unpaired) electrons. The minimum atomic E-state index is -0.456. The van der Waals surface area contributed by atoms with E-state index in [0.717, 1.165) is 5.56 Å². The molecule has 2 heterocycles. The number of nitrogens with zero attached hydrogens (tertiary/aromatic N) is 2. The zero-order valence-electron chi connectivity index (χ0n) is 16.0. The fraction of sp³-hybridized carbons (Fsp3) is 0. The third-order valence-electron chi connectivity index (χ3n) is 5.01. The van der Waals surface area contributed by atoms with E-state index >= 15 is 0 Å². The quantitative estimate of drug-likeness (QED) is 0.278. The van der Waals surface area contributed by atoms with Gasteiger partial charge in [0.2, 0.25) is 0 Å². The van der Waals surface area contributed by atoms with Gasteiger partial charge in [-0.2, -0.15) is 0 Å². The van der Waals surface area contributed by atoms with Gasteiger partial charge in [0, 0.05) is 29.9 Å². The number of rotatable bonds is 4. The third-order valence-corrected chi connectivity index (χ3v) is 5.01. The Morgan fingerprint density at radius 1 is 0.935 bits per heavy atom. The zero-order chi connectivity index (χ0) is 21.4. The maximum absolute atomic E-state index is 12.9. The van der Waals surface area contributed by atoms with Gasteiger partial charge in [0.1, 0.15) is 23.3 Å². The molecule has 0 atom stereocenters. The molecule has 0 aliphatic carbocycles. The van der Waals surface area contributed by atoms with Crippen LogP contribution in [-0.2, 0) is 0 Å². The summed E-state index contributed by atoms with van der Waals surface area (Å²) in [5.41, 5.74) is 1.47. The zero-order valence-corrected chi connectivity index (χ0v) is 16.0. The molecule has 0 saturated heterocycles. The minimum Gasteiger partial charge on any atom is -0.463 e. The van der Waals surface area contributed by atoms with E-state index in [4.69, 9.17) is 9.15 Å². The van der Waals surface area contributed by atoms with Crippen molar-refractivity contribution >= 4 is 27.4 Å². The fourth-order valence-electron chi connectivity index (χ4n) is 3.51. The predicted octanol–water partition coefficient (Wildman–Crippen LogP) is 5.71. The van der Waals surface area contributed by atoms with Crippen LogP contribution in [0.3, 0.4) is 0 Å². The van der Waals surface area contributed by atoms with Gasteiger partial charge in [-0.3, -0.25) is 19.9 Å². The van der Waals surface area contributed by atoms with Gasteiger partial charge < -0.3 is 9.15 Å². The first kappa shape index (κ1) is 18.5. The van der Waals surface area contributed by atoms with Crippen molar-refractivity contribution in [3.63, 3.8) is 0 Å². The van der Waals surface area contributed by atoms with Crippen LogP contribution in [0.4, 0.5) is 5.69 Å². The van der Waals surface area contributed by atoms with Crippen LogP contribution in [0.1, 0.15) is 0 Å². The second-order valence-electron chi connectivity index (χ2n) is 6.87. The number of aromatic nitrogens is 1.